The third-order valence-corrected chi connectivity index (χ3v) is 4.49. The van der Waals surface area contributed by atoms with Gasteiger partial charge < -0.3 is 14.2 Å². The van der Waals surface area contributed by atoms with Gasteiger partial charge in [0.05, 0.1) is 13.2 Å². The second-order valence-corrected chi connectivity index (χ2v) is 6.15. The van der Waals surface area contributed by atoms with Crippen LogP contribution in [0.3, 0.4) is 0 Å². The van der Waals surface area contributed by atoms with Crippen molar-refractivity contribution < 1.29 is 19.0 Å². The molecule has 2 aliphatic heterocycles. The van der Waals surface area contributed by atoms with E-state index in [1.807, 2.05) is 20.8 Å². The first-order valence-electron chi connectivity index (χ1n) is 8.48. The van der Waals surface area contributed by atoms with Crippen molar-refractivity contribution in [1.29, 1.82) is 0 Å². The lowest BCUT2D eigenvalue weighted by Crippen LogP contribution is -2.41. The number of benzene rings is 1. The standard InChI is InChI=1S/C18H25NO4/c1-4-21-16-9-13-6-7-19(15-8-12(3)23-18(15)20)11-14(13)10-17(16)22-5-2/h9-10,12,15H,4-8,11H2,1-3H3/t12-,15+/m1/s1. The average molecular weight is 319 g/mol. The van der Waals surface area contributed by atoms with Crippen molar-refractivity contribution in [2.24, 2.45) is 0 Å². The van der Waals surface area contributed by atoms with Crippen molar-refractivity contribution in [2.75, 3.05) is 19.8 Å². The number of hydrogen-bond acceptors (Lipinski definition) is 5. The SMILES string of the molecule is CCOc1cc2c(cc1OCC)CN([C@H]1C[C@@H](C)OC1=O)CC2. The van der Waals surface area contributed by atoms with E-state index in [9.17, 15) is 4.79 Å². The van der Waals surface area contributed by atoms with Gasteiger partial charge in [-0.2, -0.15) is 0 Å². The Morgan fingerprint density at radius 2 is 1.83 bits per heavy atom. The second kappa shape index (κ2) is 6.79. The van der Waals surface area contributed by atoms with E-state index in [2.05, 4.69) is 17.0 Å². The van der Waals surface area contributed by atoms with Gasteiger partial charge in [-0.25, -0.2) is 0 Å². The Balaban J connectivity index is 1.82. The maximum atomic E-state index is 12.0. The van der Waals surface area contributed by atoms with Crippen LogP contribution >= 0.6 is 0 Å². The van der Waals surface area contributed by atoms with Crippen LogP contribution in [-0.2, 0) is 22.5 Å². The molecule has 0 amide bonds. The van der Waals surface area contributed by atoms with Crippen LogP contribution in [0.15, 0.2) is 12.1 Å². The maximum absolute atomic E-state index is 12.0. The predicted molar refractivity (Wildman–Crippen MR) is 86.9 cm³/mol. The Morgan fingerprint density at radius 3 is 2.39 bits per heavy atom. The number of carbonyl (C=O) groups excluding carboxylic acids is 1. The van der Waals surface area contributed by atoms with Crippen LogP contribution in [-0.4, -0.2) is 42.8 Å². The number of carbonyl (C=O) groups is 1. The van der Waals surface area contributed by atoms with E-state index in [1.165, 1.54) is 11.1 Å². The van der Waals surface area contributed by atoms with E-state index in [1.54, 1.807) is 0 Å². The van der Waals surface area contributed by atoms with Crippen LogP contribution in [0.1, 0.15) is 38.3 Å². The Kier molecular flexibility index (Phi) is 4.76. The van der Waals surface area contributed by atoms with Crippen LogP contribution < -0.4 is 9.47 Å². The lowest BCUT2D eigenvalue weighted by Gasteiger charge is -2.32. The zero-order valence-corrected chi connectivity index (χ0v) is 14.1. The van der Waals surface area contributed by atoms with Gasteiger partial charge in [0.15, 0.2) is 11.5 Å². The van der Waals surface area contributed by atoms with Gasteiger partial charge in [-0.05, 0) is 50.5 Å². The van der Waals surface area contributed by atoms with Gasteiger partial charge in [-0.3, -0.25) is 9.69 Å². The van der Waals surface area contributed by atoms with Gasteiger partial charge in [0.1, 0.15) is 12.1 Å². The molecular weight excluding hydrogens is 294 g/mol. The van der Waals surface area contributed by atoms with E-state index in [0.717, 1.165) is 37.4 Å². The minimum absolute atomic E-state index is 0.0215. The van der Waals surface area contributed by atoms with Crippen molar-refractivity contribution in [3.8, 4) is 11.5 Å². The topological polar surface area (TPSA) is 48.0 Å². The fourth-order valence-electron chi connectivity index (χ4n) is 3.42. The fourth-order valence-corrected chi connectivity index (χ4v) is 3.42. The van der Waals surface area contributed by atoms with Gasteiger partial charge in [0, 0.05) is 19.5 Å². The monoisotopic (exact) mass is 319 g/mol. The molecule has 1 saturated heterocycles. The molecule has 1 aromatic rings. The smallest absolute Gasteiger partial charge is 0.323 e. The maximum Gasteiger partial charge on any atom is 0.323 e. The van der Waals surface area contributed by atoms with Gasteiger partial charge in [-0.15, -0.1) is 0 Å². The molecule has 0 spiro atoms. The largest absolute Gasteiger partial charge is 0.490 e. The van der Waals surface area contributed by atoms with Crippen molar-refractivity contribution in [1.82, 2.24) is 4.90 Å². The lowest BCUT2D eigenvalue weighted by atomic mass is 9.97. The zero-order valence-electron chi connectivity index (χ0n) is 14.1. The molecule has 0 aliphatic carbocycles. The molecule has 0 unspecified atom stereocenters. The number of rotatable bonds is 5. The van der Waals surface area contributed by atoms with Crippen molar-refractivity contribution >= 4 is 5.97 Å². The number of esters is 1. The summed E-state index contributed by atoms with van der Waals surface area (Å²) in [7, 11) is 0. The Labute approximate surface area is 137 Å². The van der Waals surface area contributed by atoms with Crippen LogP contribution in [0.5, 0.6) is 11.5 Å². The Bertz CT molecular complexity index is 587. The molecule has 0 N–H and O–H groups in total. The van der Waals surface area contributed by atoms with Crippen LogP contribution in [0, 0.1) is 0 Å². The Hall–Kier alpha value is -1.75. The van der Waals surface area contributed by atoms with Gasteiger partial charge in [0.25, 0.3) is 0 Å². The molecule has 23 heavy (non-hydrogen) atoms. The summed E-state index contributed by atoms with van der Waals surface area (Å²) in [5.74, 6) is 1.52. The highest BCUT2D eigenvalue weighted by Crippen LogP contribution is 2.35. The summed E-state index contributed by atoms with van der Waals surface area (Å²) < 4.78 is 16.7. The van der Waals surface area contributed by atoms with E-state index >= 15 is 0 Å². The number of hydrogen-bond donors (Lipinski definition) is 0. The summed E-state index contributed by atoms with van der Waals surface area (Å²) in [5, 5.41) is 0. The van der Waals surface area contributed by atoms with Crippen LogP contribution in [0.4, 0.5) is 0 Å². The lowest BCUT2D eigenvalue weighted by molar-refractivity contribution is -0.145. The second-order valence-electron chi connectivity index (χ2n) is 6.15. The van der Waals surface area contributed by atoms with Gasteiger partial charge >= 0.3 is 5.97 Å². The number of ether oxygens (including phenoxy) is 3. The van der Waals surface area contributed by atoms with Crippen LogP contribution in [0.25, 0.3) is 0 Å². The molecule has 2 aliphatic rings. The third-order valence-electron chi connectivity index (χ3n) is 4.49. The molecule has 3 rings (SSSR count). The summed E-state index contributed by atoms with van der Waals surface area (Å²) in [4.78, 5) is 14.2. The van der Waals surface area contributed by atoms with E-state index < -0.39 is 0 Å². The quantitative estimate of drug-likeness (QED) is 0.781. The third kappa shape index (κ3) is 3.29. The van der Waals surface area contributed by atoms with Crippen molar-refractivity contribution in [3.05, 3.63) is 23.3 Å². The molecule has 1 fully saturated rings. The highest BCUT2D eigenvalue weighted by molar-refractivity contribution is 5.78. The highest BCUT2D eigenvalue weighted by atomic mass is 16.6. The molecule has 5 heteroatoms. The molecule has 1 aromatic carbocycles. The van der Waals surface area contributed by atoms with Crippen LogP contribution in [0.2, 0.25) is 0 Å². The summed E-state index contributed by atoms with van der Waals surface area (Å²) in [6, 6.07) is 4.05. The number of cyclic esters (lactones) is 1. The first-order valence-corrected chi connectivity index (χ1v) is 8.48. The molecule has 126 valence electrons. The average Bonchev–Trinajstić information content (AvgIpc) is 2.86. The number of fused-ring (bicyclic) bond motifs is 1. The first kappa shape index (κ1) is 16.1. The minimum atomic E-state index is -0.111. The van der Waals surface area contributed by atoms with Crippen molar-refractivity contribution in [2.45, 2.75) is 52.3 Å². The summed E-state index contributed by atoms with van der Waals surface area (Å²) >= 11 is 0. The molecular formula is C18H25NO4. The Morgan fingerprint density at radius 1 is 1.17 bits per heavy atom. The molecule has 0 aromatic heterocycles. The first-order chi connectivity index (χ1) is 11.1. The molecule has 2 heterocycles. The molecule has 2 atom stereocenters. The normalized spacial score (nSPS) is 24.2. The zero-order chi connectivity index (χ0) is 16.4. The van der Waals surface area contributed by atoms with E-state index in [0.29, 0.717) is 13.2 Å². The minimum Gasteiger partial charge on any atom is -0.490 e. The van der Waals surface area contributed by atoms with E-state index in [4.69, 9.17) is 14.2 Å². The summed E-state index contributed by atoms with van der Waals surface area (Å²) in [5.41, 5.74) is 2.50. The van der Waals surface area contributed by atoms with Gasteiger partial charge in [-0.1, -0.05) is 0 Å². The van der Waals surface area contributed by atoms with Gasteiger partial charge in [0.2, 0.25) is 0 Å². The molecule has 5 nitrogen and oxygen atoms in total. The predicted octanol–water partition coefficient (Wildman–Crippen LogP) is 2.55. The molecule has 0 bridgehead atoms. The highest BCUT2D eigenvalue weighted by Gasteiger charge is 2.37. The molecule has 0 radical (unpaired) electrons. The molecule has 0 saturated carbocycles. The van der Waals surface area contributed by atoms with E-state index in [-0.39, 0.29) is 18.1 Å². The van der Waals surface area contributed by atoms with Crippen molar-refractivity contribution in [3.63, 3.8) is 0 Å². The summed E-state index contributed by atoms with van der Waals surface area (Å²) in [6.07, 6.45) is 1.72. The number of nitrogens with zero attached hydrogens (tertiary/aromatic N) is 1. The summed E-state index contributed by atoms with van der Waals surface area (Å²) in [6.45, 7) is 8.76. The fraction of sp³-hybridized carbons (Fsp3) is 0.611.